The van der Waals surface area contributed by atoms with Gasteiger partial charge in [0.05, 0.1) is 16.8 Å². The van der Waals surface area contributed by atoms with Crippen molar-refractivity contribution in [3.05, 3.63) is 41.9 Å². The average molecular weight is 378 g/mol. The molecule has 146 valence electrons. The van der Waals surface area contributed by atoms with Crippen molar-refractivity contribution in [2.45, 2.75) is 25.7 Å². The number of benzene rings is 1. The van der Waals surface area contributed by atoms with Crippen LogP contribution in [0.4, 0.5) is 5.82 Å². The Morgan fingerprint density at radius 2 is 1.79 bits per heavy atom. The normalized spacial score (nSPS) is 18.7. The van der Waals surface area contributed by atoms with Gasteiger partial charge in [-0.15, -0.1) is 0 Å². The second-order valence-corrected chi connectivity index (χ2v) is 7.56. The third kappa shape index (κ3) is 3.14. The van der Waals surface area contributed by atoms with E-state index < -0.39 is 0 Å². The molecular weight excluding hydrogens is 352 g/mol. The summed E-state index contributed by atoms with van der Waals surface area (Å²) in [5, 5.41) is 9.35. The van der Waals surface area contributed by atoms with E-state index in [9.17, 15) is 0 Å². The van der Waals surface area contributed by atoms with Crippen LogP contribution >= 0.6 is 0 Å². The molecule has 2 aliphatic heterocycles. The number of aryl methyl sites for hydroxylation is 1. The van der Waals surface area contributed by atoms with Crippen molar-refractivity contribution in [3.63, 3.8) is 0 Å². The summed E-state index contributed by atoms with van der Waals surface area (Å²) in [7, 11) is 0. The van der Waals surface area contributed by atoms with Gasteiger partial charge in [0.15, 0.2) is 5.65 Å². The van der Waals surface area contributed by atoms with E-state index in [0.717, 1.165) is 86.3 Å². The molecular formula is C21H26N6O. The van der Waals surface area contributed by atoms with Gasteiger partial charge >= 0.3 is 0 Å². The van der Waals surface area contributed by atoms with E-state index in [1.807, 2.05) is 22.9 Å². The standard InChI is InChI=1S/C21H26N6O/c1-15-18-20(26-11-9-22-10-12-26)23-19(16-7-13-28-14-8-16)24-21(18)27(25-15)17-5-3-2-4-6-17/h2-6,16,22H,7-14H2,1H3. The minimum atomic E-state index is 0.347. The first-order valence-electron chi connectivity index (χ1n) is 10.2. The van der Waals surface area contributed by atoms with Gasteiger partial charge < -0.3 is 15.0 Å². The first kappa shape index (κ1) is 17.6. The summed E-state index contributed by atoms with van der Waals surface area (Å²) in [5.74, 6) is 2.31. The number of nitrogens with one attached hydrogen (secondary N) is 1. The molecule has 0 amide bonds. The van der Waals surface area contributed by atoms with Crippen molar-refractivity contribution in [1.82, 2.24) is 25.1 Å². The molecule has 7 heteroatoms. The monoisotopic (exact) mass is 378 g/mol. The molecule has 0 unspecified atom stereocenters. The first-order valence-corrected chi connectivity index (χ1v) is 10.2. The predicted molar refractivity (Wildman–Crippen MR) is 109 cm³/mol. The summed E-state index contributed by atoms with van der Waals surface area (Å²) in [4.78, 5) is 12.5. The molecule has 3 aromatic rings. The molecule has 1 N–H and O–H groups in total. The molecule has 0 radical (unpaired) electrons. The van der Waals surface area contributed by atoms with E-state index in [1.54, 1.807) is 0 Å². The fraction of sp³-hybridized carbons (Fsp3) is 0.476. The van der Waals surface area contributed by atoms with Gasteiger partial charge in [-0.2, -0.15) is 5.10 Å². The van der Waals surface area contributed by atoms with Gasteiger partial charge in [-0.1, -0.05) is 18.2 Å². The smallest absolute Gasteiger partial charge is 0.169 e. The summed E-state index contributed by atoms with van der Waals surface area (Å²) in [5.41, 5.74) is 2.92. The highest BCUT2D eigenvalue weighted by Crippen LogP contribution is 2.33. The van der Waals surface area contributed by atoms with E-state index in [1.165, 1.54) is 0 Å². The Morgan fingerprint density at radius 3 is 2.54 bits per heavy atom. The van der Waals surface area contributed by atoms with Crippen molar-refractivity contribution >= 4 is 16.9 Å². The summed E-state index contributed by atoms with van der Waals surface area (Å²) < 4.78 is 7.53. The number of hydrogen-bond donors (Lipinski definition) is 1. The van der Waals surface area contributed by atoms with Crippen LogP contribution in [0.25, 0.3) is 16.7 Å². The van der Waals surface area contributed by atoms with Crippen LogP contribution in [0.5, 0.6) is 0 Å². The number of ether oxygens (including phenoxy) is 1. The quantitative estimate of drug-likeness (QED) is 0.755. The third-order valence-electron chi connectivity index (χ3n) is 5.70. The first-order chi connectivity index (χ1) is 13.8. The van der Waals surface area contributed by atoms with Crippen molar-refractivity contribution in [1.29, 1.82) is 0 Å². The summed E-state index contributed by atoms with van der Waals surface area (Å²) in [6, 6.07) is 10.3. The van der Waals surface area contributed by atoms with Crippen molar-refractivity contribution in [2.24, 2.45) is 0 Å². The van der Waals surface area contributed by atoms with E-state index in [0.29, 0.717) is 5.92 Å². The Bertz CT molecular complexity index is 958. The zero-order valence-corrected chi connectivity index (χ0v) is 16.3. The lowest BCUT2D eigenvalue weighted by Gasteiger charge is -2.30. The number of para-hydroxylation sites is 1. The highest BCUT2D eigenvalue weighted by atomic mass is 16.5. The van der Waals surface area contributed by atoms with Crippen molar-refractivity contribution < 1.29 is 4.74 Å². The Morgan fingerprint density at radius 1 is 1.04 bits per heavy atom. The minimum absolute atomic E-state index is 0.347. The Hall–Kier alpha value is -2.51. The van der Waals surface area contributed by atoms with Gasteiger partial charge in [0, 0.05) is 45.3 Å². The maximum Gasteiger partial charge on any atom is 0.169 e. The predicted octanol–water partition coefficient (Wildman–Crippen LogP) is 2.43. The lowest BCUT2D eigenvalue weighted by Crippen LogP contribution is -2.44. The molecule has 2 aliphatic rings. The number of aromatic nitrogens is 4. The molecule has 1 aromatic carbocycles. The summed E-state index contributed by atoms with van der Waals surface area (Å²) in [6.45, 7) is 7.49. The van der Waals surface area contributed by atoms with Crippen LogP contribution in [0.3, 0.4) is 0 Å². The Balaban J connectivity index is 1.70. The number of fused-ring (bicyclic) bond motifs is 1. The molecule has 2 aromatic heterocycles. The molecule has 2 saturated heterocycles. The second-order valence-electron chi connectivity index (χ2n) is 7.56. The molecule has 7 nitrogen and oxygen atoms in total. The van der Waals surface area contributed by atoms with Crippen LogP contribution in [0, 0.1) is 6.92 Å². The van der Waals surface area contributed by atoms with Crippen LogP contribution in [0.1, 0.15) is 30.3 Å². The number of hydrogen-bond acceptors (Lipinski definition) is 6. The fourth-order valence-electron chi connectivity index (χ4n) is 4.17. The Kier molecular flexibility index (Phi) is 4.70. The van der Waals surface area contributed by atoms with Crippen molar-refractivity contribution in [2.75, 3.05) is 44.3 Å². The molecule has 2 fully saturated rings. The van der Waals surface area contributed by atoms with Crippen LogP contribution < -0.4 is 10.2 Å². The SMILES string of the molecule is Cc1nn(-c2ccccc2)c2nc(C3CCOCC3)nc(N3CCNCC3)c12. The van der Waals surface area contributed by atoms with Gasteiger partial charge in [-0.3, -0.25) is 0 Å². The molecule has 0 bridgehead atoms. The van der Waals surface area contributed by atoms with Crippen LogP contribution in [-0.4, -0.2) is 59.1 Å². The van der Waals surface area contributed by atoms with Gasteiger partial charge in [-0.25, -0.2) is 14.6 Å². The molecule has 4 heterocycles. The maximum atomic E-state index is 5.56. The highest BCUT2D eigenvalue weighted by molar-refractivity contribution is 5.91. The lowest BCUT2D eigenvalue weighted by atomic mass is 9.99. The van der Waals surface area contributed by atoms with E-state index in [2.05, 4.69) is 29.3 Å². The van der Waals surface area contributed by atoms with E-state index >= 15 is 0 Å². The average Bonchev–Trinajstić information content (AvgIpc) is 3.11. The number of rotatable bonds is 3. The maximum absolute atomic E-state index is 5.56. The fourth-order valence-corrected chi connectivity index (χ4v) is 4.17. The van der Waals surface area contributed by atoms with Crippen LogP contribution in [0.2, 0.25) is 0 Å². The topological polar surface area (TPSA) is 68.1 Å². The summed E-state index contributed by atoms with van der Waals surface area (Å²) >= 11 is 0. The number of nitrogens with zero attached hydrogens (tertiary/aromatic N) is 5. The van der Waals surface area contributed by atoms with Crippen LogP contribution in [0.15, 0.2) is 30.3 Å². The largest absolute Gasteiger partial charge is 0.381 e. The molecule has 28 heavy (non-hydrogen) atoms. The number of anilines is 1. The number of piperazine rings is 1. The van der Waals surface area contributed by atoms with E-state index in [-0.39, 0.29) is 0 Å². The van der Waals surface area contributed by atoms with E-state index in [4.69, 9.17) is 19.8 Å². The van der Waals surface area contributed by atoms with Crippen LogP contribution in [-0.2, 0) is 4.74 Å². The Labute approximate surface area is 164 Å². The molecule has 0 saturated carbocycles. The molecule has 0 atom stereocenters. The minimum Gasteiger partial charge on any atom is -0.381 e. The molecule has 0 aliphatic carbocycles. The zero-order valence-electron chi connectivity index (χ0n) is 16.3. The van der Waals surface area contributed by atoms with Gasteiger partial charge in [-0.05, 0) is 31.9 Å². The third-order valence-corrected chi connectivity index (χ3v) is 5.70. The molecule has 5 rings (SSSR count). The second kappa shape index (κ2) is 7.48. The lowest BCUT2D eigenvalue weighted by molar-refractivity contribution is 0.0836. The van der Waals surface area contributed by atoms with Crippen molar-refractivity contribution in [3.8, 4) is 5.69 Å². The summed E-state index contributed by atoms with van der Waals surface area (Å²) in [6.07, 6.45) is 1.95. The van der Waals surface area contributed by atoms with Gasteiger partial charge in [0.2, 0.25) is 0 Å². The van der Waals surface area contributed by atoms with Gasteiger partial charge in [0.1, 0.15) is 11.6 Å². The zero-order chi connectivity index (χ0) is 18.9. The van der Waals surface area contributed by atoms with Gasteiger partial charge in [0.25, 0.3) is 0 Å². The molecule has 0 spiro atoms. The highest BCUT2D eigenvalue weighted by Gasteiger charge is 2.26.